The summed E-state index contributed by atoms with van der Waals surface area (Å²) in [6.45, 7) is 1.82. The molecule has 0 fully saturated rings. The van der Waals surface area contributed by atoms with Gasteiger partial charge in [0, 0.05) is 17.6 Å². The lowest BCUT2D eigenvalue weighted by Crippen LogP contribution is -2.37. The normalized spacial score (nSPS) is 11.9. The smallest absolute Gasteiger partial charge is 0.263 e. The zero-order chi connectivity index (χ0) is 19.4. The summed E-state index contributed by atoms with van der Waals surface area (Å²) in [7, 11) is 1.64. The lowest BCUT2D eigenvalue weighted by molar-refractivity contribution is -0.137. The Balaban J connectivity index is 1.64. The summed E-state index contributed by atoms with van der Waals surface area (Å²) >= 11 is 12.1. The molecule has 0 aliphatic rings. The van der Waals surface area contributed by atoms with Crippen molar-refractivity contribution in [3.8, 4) is 17.1 Å². The summed E-state index contributed by atoms with van der Waals surface area (Å²) < 4.78 is 10.9. The summed E-state index contributed by atoms with van der Waals surface area (Å²) in [5, 5.41) is 4.99. The van der Waals surface area contributed by atoms with Gasteiger partial charge in [-0.3, -0.25) is 4.79 Å². The number of amides is 1. The van der Waals surface area contributed by atoms with E-state index in [1.54, 1.807) is 50.4 Å². The van der Waals surface area contributed by atoms with Crippen molar-refractivity contribution < 1.29 is 14.1 Å². The molecule has 0 aliphatic heterocycles. The Hall–Kier alpha value is -2.57. The average Bonchev–Trinajstić information content (AvgIpc) is 3.09. The Morgan fingerprint density at radius 2 is 2.00 bits per heavy atom. The summed E-state index contributed by atoms with van der Waals surface area (Å²) in [6.07, 6.45) is -0.695. The standard InChI is InChI=1S/C19H17Cl2N3O3/c1-12(26-14-7-5-6-13(20)10-14)19(25)24(2)11-17-22-18(23-27-17)15-8-3-4-9-16(15)21/h3-10,12H,11H2,1-2H3/t12-/m1/s1. The monoisotopic (exact) mass is 405 g/mol. The minimum absolute atomic E-state index is 0.152. The molecular formula is C19H17Cl2N3O3. The van der Waals surface area contributed by atoms with Crippen molar-refractivity contribution in [3.63, 3.8) is 0 Å². The van der Waals surface area contributed by atoms with Crippen molar-refractivity contribution in [1.29, 1.82) is 0 Å². The van der Waals surface area contributed by atoms with Crippen LogP contribution in [0, 0.1) is 0 Å². The zero-order valence-corrected chi connectivity index (χ0v) is 16.2. The number of benzene rings is 2. The van der Waals surface area contributed by atoms with Gasteiger partial charge in [-0.25, -0.2) is 0 Å². The number of ether oxygens (including phenoxy) is 1. The van der Waals surface area contributed by atoms with Gasteiger partial charge in [0.1, 0.15) is 5.75 Å². The number of hydrogen-bond donors (Lipinski definition) is 0. The molecule has 0 N–H and O–H groups in total. The van der Waals surface area contributed by atoms with Crippen LogP contribution in [0.25, 0.3) is 11.4 Å². The number of hydrogen-bond acceptors (Lipinski definition) is 5. The Kier molecular flexibility index (Phi) is 5.98. The average molecular weight is 406 g/mol. The molecule has 1 heterocycles. The molecule has 2 aromatic carbocycles. The molecule has 0 bridgehead atoms. The maximum absolute atomic E-state index is 12.5. The number of carbonyl (C=O) groups is 1. The molecule has 3 rings (SSSR count). The predicted octanol–water partition coefficient (Wildman–Crippen LogP) is 4.47. The summed E-state index contributed by atoms with van der Waals surface area (Å²) in [4.78, 5) is 18.3. The van der Waals surface area contributed by atoms with Crippen LogP contribution in [-0.2, 0) is 11.3 Å². The van der Waals surface area contributed by atoms with Crippen LogP contribution in [0.3, 0.4) is 0 Å². The zero-order valence-electron chi connectivity index (χ0n) is 14.7. The second-order valence-corrected chi connectivity index (χ2v) is 6.75. The molecule has 0 aliphatic carbocycles. The molecule has 1 atom stereocenters. The topological polar surface area (TPSA) is 68.5 Å². The molecule has 1 amide bonds. The highest BCUT2D eigenvalue weighted by atomic mass is 35.5. The van der Waals surface area contributed by atoms with Gasteiger partial charge in [-0.15, -0.1) is 0 Å². The Bertz CT molecular complexity index is 945. The van der Waals surface area contributed by atoms with E-state index in [1.165, 1.54) is 4.90 Å². The van der Waals surface area contributed by atoms with Gasteiger partial charge in [0.15, 0.2) is 6.10 Å². The second-order valence-electron chi connectivity index (χ2n) is 5.90. The third kappa shape index (κ3) is 4.78. The maximum atomic E-state index is 12.5. The van der Waals surface area contributed by atoms with E-state index in [2.05, 4.69) is 10.1 Å². The fourth-order valence-electron chi connectivity index (χ4n) is 2.46. The van der Waals surface area contributed by atoms with Gasteiger partial charge in [0.25, 0.3) is 5.91 Å². The van der Waals surface area contributed by atoms with E-state index in [0.717, 1.165) is 0 Å². The van der Waals surface area contributed by atoms with Crippen LogP contribution in [-0.4, -0.2) is 34.1 Å². The SMILES string of the molecule is C[C@@H](Oc1cccc(Cl)c1)C(=O)N(C)Cc1nc(-c2ccccc2Cl)no1. The highest BCUT2D eigenvalue weighted by Crippen LogP contribution is 2.25. The number of likely N-dealkylation sites (N-methyl/N-ethyl adjacent to an activating group) is 1. The van der Waals surface area contributed by atoms with Gasteiger partial charge in [-0.2, -0.15) is 4.98 Å². The third-order valence-corrected chi connectivity index (χ3v) is 4.35. The minimum atomic E-state index is -0.695. The number of carbonyl (C=O) groups excluding carboxylic acids is 1. The molecule has 140 valence electrons. The fraction of sp³-hybridized carbons (Fsp3) is 0.211. The lowest BCUT2D eigenvalue weighted by Gasteiger charge is -2.20. The van der Waals surface area contributed by atoms with Gasteiger partial charge >= 0.3 is 0 Å². The Morgan fingerprint density at radius 3 is 2.74 bits per heavy atom. The third-order valence-electron chi connectivity index (χ3n) is 3.79. The van der Waals surface area contributed by atoms with Crippen LogP contribution in [0.1, 0.15) is 12.8 Å². The van der Waals surface area contributed by atoms with E-state index in [4.69, 9.17) is 32.5 Å². The van der Waals surface area contributed by atoms with Crippen molar-refractivity contribution in [2.24, 2.45) is 0 Å². The van der Waals surface area contributed by atoms with E-state index in [9.17, 15) is 4.79 Å². The van der Waals surface area contributed by atoms with Crippen molar-refractivity contribution >= 4 is 29.1 Å². The molecule has 8 heteroatoms. The summed E-state index contributed by atoms with van der Waals surface area (Å²) in [5.41, 5.74) is 0.667. The molecular weight excluding hydrogens is 389 g/mol. The van der Waals surface area contributed by atoms with Crippen LogP contribution in [0.2, 0.25) is 10.0 Å². The maximum Gasteiger partial charge on any atom is 0.263 e. The lowest BCUT2D eigenvalue weighted by atomic mass is 10.2. The molecule has 3 aromatic rings. The van der Waals surface area contributed by atoms with Gasteiger partial charge < -0.3 is 14.2 Å². The van der Waals surface area contributed by atoms with E-state index in [-0.39, 0.29) is 12.5 Å². The van der Waals surface area contributed by atoms with Crippen LogP contribution in [0.15, 0.2) is 53.1 Å². The van der Waals surface area contributed by atoms with Crippen molar-refractivity contribution in [2.75, 3.05) is 7.05 Å². The molecule has 6 nitrogen and oxygen atoms in total. The molecule has 1 aromatic heterocycles. The highest BCUT2D eigenvalue weighted by Gasteiger charge is 2.22. The first-order valence-electron chi connectivity index (χ1n) is 8.18. The van der Waals surface area contributed by atoms with E-state index in [0.29, 0.717) is 33.1 Å². The first-order valence-corrected chi connectivity index (χ1v) is 8.94. The van der Waals surface area contributed by atoms with E-state index >= 15 is 0 Å². The number of rotatable bonds is 6. The van der Waals surface area contributed by atoms with Crippen LogP contribution < -0.4 is 4.74 Å². The van der Waals surface area contributed by atoms with Gasteiger partial charge in [0.2, 0.25) is 11.7 Å². The molecule has 0 unspecified atom stereocenters. The van der Waals surface area contributed by atoms with Crippen molar-refractivity contribution in [3.05, 3.63) is 64.5 Å². The summed E-state index contributed by atoms with van der Waals surface area (Å²) in [6, 6.07) is 14.1. The number of aromatic nitrogens is 2. The van der Waals surface area contributed by atoms with Crippen LogP contribution in [0.5, 0.6) is 5.75 Å². The highest BCUT2D eigenvalue weighted by molar-refractivity contribution is 6.33. The van der Waals surface area contributed by atoms with E-state index in [1.807, 2.05) is 12.1 Å². The quantitative estimate of drug-likeness (QED) is 0.604. The van der Waals surface area contributed by atoms with Crippen LogP contribution in [0.4, 0.5) is 0 Å². The Labute approximate surface area is 166 Å². The first kappa shape index (κ1) is 19.2. The van der Waals surface area contributed by atoms with Gasteiger partial charge in [-0.1, -0.05) is 46.6 Å². The Morgan fingerprint density at radius 1 is 1.22 bits per heavy atom. The molecule has 0 spiro atoms. The minimum Gasteiger partial charge on any atom is -0.481 e. The van der Waals surface area contributed by atoms with Gasteiger partial charge in [-0.05, 0) is 37.3 Å². The van der Waals surface area contributed by atoms with Crippen molar-refractivity contribution in [2.45, 2.75) is 19.6 Å². The number of halogens is 2. The van der Waals surface area contributed by atoms with E-state index < -0.39 is 6.10 Å². The molecule has 27 heavy (non-hydrogen) atoms. The van der Waals surface area contributed by atoms with Gasteiger partial charge in [0.05, 0.1) is 11.6 Å². The van der Waals surface area contributed by atoms with Crippen molar-refractivity contribution in [1.82, 2.24) is 15.0 Å². The molecule has 0 radical (unpaired) electrons. The molecule has 0 saturated heterocycles. The largest absolute Gasteiger partial charge is 0.481 e. The second kappa shape index (κ2) is 8.41. The molecule has 0 saturated carbocycles. The summed E-state index contributed by atoms with van der Waals surface area (Å²) in [5.74, 6) is 0.971. The predicted molar refractivity (Wildman–Crippen MR) is 103 cm³/mol. The van der Waals surface area contributed by atoms with Crippen LogP contribution >= 0.6 is 23.2 Å². The fourth-order valence-corrected chi connectivity index (χ4v) is 2.86. The number of nitrogens with zero attached hydrogens (tertiary/aromatic N) is 3. The first-order chi connectivity index (χ1) is 12.9.